The lowest BCUT2D eigenvalue weighted by atomic mass is 9.95. The molecule has 2 atom stereocenters. The van der Waals surface area contributed by atoms with Crippen LogP contribution in [-0.2, 0) is 0 Å². The zero-order valence-corrected chi connectivity index (χ0v) is 12.9. The molecule has 0 spiro atoms. The van der Waals surface area contributed by atoms with E-state index in [1.165, 1.54) is 0 Å². The number of ether oxygens (including phenoxy) is 1. The van der Waals surface area contributed by atoms with Crippen LogP contribution in [0.2, 0.25) is 10.3 Å². The third kappa shape index (κ3) is 3.49. The van der Waals surface area contributed by atoms with Crippen molar-refractivity contribution >= 4 is 23.2 Å². The largest absolute Gasteiger partial charge is 0.482 e. The van der Waals surface area contributed by atoms with Gasteiger partial charge in [0.05, 0.1) is 0 Å². The Morgan fingerprint density at radius 2 is 1.95 bits per heavy atom. The lowest BCUT2D eigenvalue weighted by molar-refractivity contribution is 0.144. The fraction of sp³-hybridized carbons (Fsp3) is 0.312. The van der Waals surface area contributed by atoms with Gasteiger partial charge in [0.1, 0.15) is 11.3 Å². The van der Waals surface area contributed by atoms with Crippen LogP contribution in [0.15, 0.2) is 42.5 Å². The quantitative estimate of drug-likeness (QED) is 0.860. The van der Waals surface area contributed by atoms with Gasteiger partial charge in [-0.1, -0.05) is 53.5 Å². The fourth-order valence-electron chi connectivity index (χ4n) is 2.64. The number of aromatic nitrogens is 1. The Bertz CT molecular complexity index is 600. The number of hydrogen-bond acceptors (Lipinski definition) is 3. The first-order valence-corrected chi connectivity index (χ1v) is 7.74. The van der Waals surface area contributed by atoms with E-state index in [-0.39, 0.29) is 6.10 Å². The number of hydrogen-bond donors (Lipinski definition) is 1. The molecule has 0 radical (unpaired) electrons. The summed E-state index contributed by atoms with van der Waals surface area (Å²) in [7, 11) is 0. The Labute approximate surface area is 134 Å². The minimum absolute atomic E-state index is 0.0401. The summed E-state index contributed by atoms with van der Waals surface area (Å²) in [5, 5.41) is 4.05. The Kier molecular flexibility index (Phi) is 4.63. The summed E-state index contributed by atoms with van der Waals surface area (Å²) >= 11 is 12.0. The van der Waals surface area contributed by atoms with E-state index in [9.17, 15) is 0 Å². The summed E-state index contributed by atoms with van der Waals surface area (Å²) in [6.07, 6.45) is 1.04. The first-order valence-electron chi connectivity index (χ1n) is 6.98. The molecule has 0 amide bonds. The Balaban J connectivity index is 1.88. The maximum atomic E-state index is 6.18. The molecule has 3 nitrogen and oxygen atoms in total. The lowest BCUT2D eigenvalue weighted by Crippen LogP contribution is -2.21. The molecule has 5 heteroatoms. The van der Waals surface area contributed by atoms with Gasteiger partial charge in [-0.25, -0.2) is 4.98 Å². The van der Waals surface area contributed by atoms with Gasteiger partial charge in [-0.05, 0) is 30.7 Å². The molecule has 2 aromatic rings. The second kappa shape index (κ2) is 6.65. The van der Waals surface area contributed by atoms with E-state index in [1.807, 2.05) is 18.2 Å². The number of pyridine rings is 1. The standard InChI is InChI=1S/C16H16Cl2N2O/c17-14-7-6-13(16(18)20-14)21-15(12-8-9-19-10-12)11-4-2-1-3-5-11/h1-7,12,15,19H,8-10H2/t12?,15-/m0/s1. The van der Waals surface area contributed by atoms with Crippen molar-refractivity contribution < 1.29 is 4.74 Å². The number of nitrogens with one attached hydrogen (secondary N) is 1. The molecule has 1 N–H and O–H groups in total. The second-order valence-corrected chi connectivity index (χ2v) is 5.87. The highest BCUT2D eigenvalue weighted by Gasteiger charge is 2.28. The molecule has 1 aliphatic rings. The molecule has 2 heterocycles. The number of rotatable bonds is 4. The van der Waals surface area contributed by atoms with Crippen molar-refractivity contribution in [3.63, 3.8) is 0 Å². The highest BCUT2D eigenvalue weighted by atomic mass is 35.5. The van der Waals surface area contributed by atoms with Crippen molar-refractivity contribution in [2.45, 2.75) is 12.5 Å². The van der Waals surface area contributed by atoms with Gasteiger partial charge in [0, 0.05) is 12.5 Å². The fourth-order valence-corrected chi connectivity index (χ4v) is 3.03. The third-order valence-corrected chi connectivity index (χ3v) is 4.17. The second-order valence-electron chi connectivity index (χ2n) is 5.12. The molecule has 21 heavy (non-hydrogen) atoms. The van der Waals surface area contributed by atoms with Crippen LogP contribution < -0.4 is 10.1 Å². The van der Waals surface area contributed by atoms with Crippen LogP contribution in [0.4, 0.5) is 0 Å². The molecule has 1 saturated heterocycles. The summed E-state index contributed by atoms with van der Waals surface area (Å²) in [6.45, 7) is 1.96. The van der Waals surface area contributed by atoms with Gasteiger partial charge in [0.15, 0.2) is 10.9 Å². The summed E-state index contributed by atoms with van der Waals surface area (Å²) in [5.74, 6) is 0.987. The average molecular weight is 323 g/mol. The van der Waals surface area contributed by atoms with Crippen LogP contribution in [-0.4, -0.2) is 18.1 Å². The molecule has 1 aromatic heterocycles. The van der Waals surface area contributed by atoms with E-state index < -0.39 is 0 Å². The summed E-state index contributed by atoms with van der Waals surface area (Å²) in [6, 6.07) is 13.7. The highest BCUT2D eigenvalue weighted by Crippen LogP contribution is 2.34. The Morgan fingerprint density at radius 3 is 2.62 bits per heavy atom. The van der Waals surface area contributed by atoms with Crippen molar-refractivity contribution in [1.29, 1.82) is 0 Å². The highest BCUT2D eigenvalue weighted by molar-refractivity contribution is 6.33. The van der Waals surface area contributed by atoms with Crippen molar-refractivity contribution in [3.05, 3.63) is 58.3 Å². The van der Waals surface area contributed by atoms with Gasteiger partial charge >= 0.3 is 0 Å². The first kappa shape index (κ1) is 14.6. The smallest absolute Gasteiger partial charge is 0.172 e. The minimum atomic E-state index is -0.0401. The molecule has 1 aromatic carbocycles. The molecule has 0 saturated carbocycles. The summed E-state index contributed by atoms with van der Waals surface area (Å²) in [4.78, 5) is 4.04. The number of halogens is 2. The third-order valence-electron chi connectivity index (χ3n) is 3.69. The predicted molar refractivity (Wildman–Crippen MR) is 85.0 cm³/mol. The van der Waals surface area contributed by atoms with E-state index >= 15 is 0 Å². The zero-order chi connectivity index (χ0) is 14.7. The molecule has 1 fully saturated rings. The zero-order valence-electron chi connectivity index (χ0n) is 11.4. The van der Waals surface area contributed by atoms with Crippen LogP contribution in [0, 0.1) is 5.92 Å². The normalized spacial score (nSPS) is 19.4. The maximum absolute atomic E-state index is 6.18. The minimum Gasteiger partial charge on any atom is -0.482 e. The van der Waals surface area contributed by atoms with E-state index in [0.717, 1.165) is 25.1 Å². The molecule has 0 aliphatic carbocycles. The molecule has 0 bridgehead atoms. The van der Waals surface area contributed by atoms with Crippen LogP contribution in [0.5, 0.6) is 5.75 Å². The van der Waals surface area contributed by atoms with E-state index in [2.05, 4.69) is 22.4 Å². The van der Waals surface area contributed by atoms with Crippen molar-refractivity contribution in [1.82, 2.24) is 10.3 Å². The van der Waals surface area contributed by atoms with Crippen LogP contribution >= 0.6 is 23.2 Å². The summed E-state index contributed by atoms with van der Waals surface area (Å²) in [5.41, 5.74) is 1.15. The van der Waals surface area contributed by atoms with Gasteiger partial charge in [-0.2, -0.15) is 0 Å². The van der Waals surface area contributed by atoms with Gasteiger partial charge in [0.2, 0.25) is 0 Å². The predicted octanol–water partition coefficient (Wildman–Crippen LogP) is 4.12. The van der Waals surface area contributed by atoms with Gasteiger partial charge < -0.3 is 10.1 Å². The Morgan fingerprint density at radius 1 is 1.14 bits per heavy atom. The van der Waals surface area contributed by atoms with Crippen molar-refractivity contribution in [2.24, 2.45) is 5.92 Å². The van der Waals surface area contributed by atoms with Crippen LogP contribution in [0.25, 0.3) is 0 Å². The van der Waals surface area contributed by atoms with Crippen LogP contribution in [0.1, 0.15) is 18.1 Å². The molecule has 110 valence electrons. The number of benzene rings is 1. The Hall–Kier alpha value is -1.29. The maximum Gasteiger partial charge on any atom is 0.172 e. The van der Waals surface area contributed by atoms with Gasteiger partial charge in [-0.3, -0.25) is 0 Å². The monoisotopic (exact) mass is 322 g/mol. The van der Waals surface area contributed by atoms with Gasteiger partial charge in [-0.15, -0.1) is 0 Å². The first-order chi connectivity index (χ1) is 10.2. The molecular weight excluding hydrogens is 307 g/mol. The topological polar surface area (TPSA) is 34.1 Å². The summed E-state index contributed by atoms with van der Waals surface area (Å²) < 4.78 is 6.18. The SMILES string of the molecule is Clc1ccc(O[C@@H](c2ccccc2)C2CCNC2)c(Cl)n1. The molecule has 1 aliphatic heterocycles. The van der Waals surface area contributed by atoms with Crippen molar-refractivity contribution in [2.75, 3.05) is 13.1 Å². The van der Waals surface area contributed by atoms with E-state index in [1.54, 1.807) is 12.1 Å². The molecular formula is C16H16Cl2N2O. The molecule has 3 rings (SSSR count). The van der Waals surface area contributed by atoms with Gasteiger partial charge in [0.25, 0.3) is 0 Å². The van der Waals surface area contributed by atoms with E-state index in [4.69, 9.17) is 27.9 Å². The van der Waals surface area contributed by atoms with Crippen molar-refractivity contribution in [3.8, 4) is 5.75 Å². The molecule has 1 unspecified atom stereocenters. The van der Waals surface area contributed by atoms with Crippen LogP contribution in [0.3, 0.4) is 0 Å². The number of nitrogens with zero attached hydrogens (tertiary/aromatic N) is 1. The average Bonchev–Trinajstić information content (AvgIpc) is 3.01. The lowest BCUT2D eigenvalue weighted by Gasteiger charge is -2.25. The van der Waals surface area contributed by atoms with E-state index in [0.29, 0.717) is 22.0 Å².